The van der Waals surface area contributed by atoms with E-state index < -0.39 is 0 Å². The highest BCUT2D eigenvalue weighted by molar-refractivity contribution is 5.27. The summed E-state index contributed by atoms with van der Waals surface area (Å²) in [5, 5.41) is 10.8. The van der Waals surface area contributed by atoms with Gasteiger partial charge in [0.1, 0.15) is 5.82 Å². The standard InChI is InChI=1S/C13H16FN3O/c1-8(2)12-16-17-13(18-12)15-7-10-5-4-9(3)11(14)6-10/h4-6,8H,7H2,1-3H3,(H,15,17). The number of anilines is 1. The highest BCUT2D eigenvalue weighted by Gasteiger charge is 2.09. The molecule has 0 aliphatic heterocycles. The molecule has 1 aromatic heterocycles. The van der Waals surface area contributed by atoms with E-state index in [0.29, 0.717) is 24.0 Å². The van der Waals surface area contributed by atoms with E-state index in [2.05, 4.69) is 15.5 Å². The van der Waals surface area contributed by atoms with Crippen LogP contribution < -0.4 is 5.32 Å². The Kier molecular flexibility index (Phi) is 3.60. The second-order valence-corrected chi connectivity index (χ2v) is 4.54. The average molecular weight is 249 g/mol. The van der Waals surface area contributed by atoms with Crippen LogP contribution in [-0.4, -0.2) is 10.2 Å². The van der Waals surface area contributed by atoms with Gasteiger partial charge in [0.2, 0.25) is 5.89 Å². The molecule has 0 fully saturated rings. The molecule has 2 aromatic rings. The summed E-state index contributed by atoms with van der Waals surface area (Å²) in [6, 6.07) is 5.48. The molecule has 0 unspecified atom stereocenters. The fraction of sp³-hybridized carbons (Fsp3) is 0.385. The first kappa shape index (κ1) is 12.5. The first-order valence-electron chi connectivity index (χ1n) is 5.88. The molecule has 0 atom stereocenters. The molecule has 0 amide bonds. The molecular weight excluding hydrogens is 233 g/mol. The fourth-order valence-electron chi connectivity index (χ4n) is 1.46. The maximum absolute atomic E-state index is 13.3. The molecule has 5 heteroatoms. The first-order valence-corrected chi connectivity index (χ1v) is 5.88. The van der Waals surface area contributed by atoms with Gasteiger partial charge in [-0.15, -0.1) is 5.10 Å². The van der Waals surface area contributed by atoms with Gasteiger partial charge >= 0.3 is 6.01 Å². The molecular formula is C13H16FN3O. The molecule has 96 valence electrons. The van der Waals surface area contributed by atoms with Crippen molar-refractivity contribution in [2.24, 2.45) is 0 Å². The van der Waals surface area contributed by atoms with Crippen molar-refractivity contribution in [2.75, 3.05) is 5.32 Å². The lowest BCUT2D eigenvalue weighted by atomic mass is 10.1. The number of aryl methyl sites for hydroxylation is 1. The van der Waals surface area contributed by atoms with Crippen LogP contribution in [0.5, 0.6) is 0 Å². The van der Waals surface area contributed by atoms with Gasteiger partial charge in [0.15, 0.2) is 0 Å². The Hall–Kier alpha value is -1.91. The number of nitrogens with one attached hydrogen (secondary N) is 1. The van der Waals surface area contributed by atoms with E-state index in [1.54, 1.807) is 13.0 Å². The maximum atomic E-state index is 13.3. The normalized spacial score (nSPS) is 10.9. The van der Waals surface area contributed by atoms with E-state index in [1.165, 1.54) is 6.07 Å². The Morgan fingerprint density at radius 1 is 1.33 bits per heavy atom. The van der Waals surface area contributed by atoms with Crippen molar-refractivity contribution in [3.63, 3.8) is 0 Å². The molecule has 0 radical (unpaired) electrons. The molecule has 0 aliphatic rings. The minimum atomic E-state index is -0.206. The average Bonchev–Trinajstić information content (AvgIpc) is 2.79. The summed E-state index contributed by atoms with van der Waals surface area (Å²) in [6.07, 6.45) is 0. The molecule has 2 rings (SSSR count). The SMILES string of the molecule is Cc1ccc(CNc2nnc(C(C)C)o2)cc1F. The molecule has 4 nitrogen and oxygen atoms in total. The Balaban J connectivity index is 2.00. The minimum absolute atomic E-state index is 0.199. The lowest BCUT2D eigenvalue weighted by Gasteiger charge is -2.03. The smallest absolute Gasteiger partial charge is 0.315 e. The minimum Gasteiger partial charge on any atom is -0.408 e. The number of halogens is 1. The third kappa shape index (κ3) is 2.85. The van der Waals surface area contributed by atoms with Crippen molar-refractivity contribution < 1.29 is 8.81 Å². The van der Waals surface area contributed by atoms with Crippen molar-refractivity contribution in [3.05, 3.63) is 41.0 Å². The van der Waals surface area contributed by atoms with E-state index in [0.717, 1.165) is 5.56 Å². The van der Waals surface area contributed by atoms with Crippen LogP contribution >= 0.6 is 0 Å². The zero-order valence-corrected chi connectivity index (χ0v) is 10.7. The van der Waals surface area contributed by atoms with Crippen LogP contribution in [0.3, 0.4) is 0 Å². The molecule has 0 spiro atoms. The topological polar surface area (TPSA) is 51.0 Å². The Morgan fingerprint density at radius 2 is 2.11 bits per heavy atom. The lowest BCUT2D eigenvalue weighted by molar-refractivity contribution is 0.480. The van der Waals surface area contributed by atoms with E-state index >= 15 is 0 Å². The van der Waals surface area contributed by atoms with Crippen molar-refractivity contribution in [1.29, 1.82) is 0 Å². The summed E-state index contributed by atoms with van der Waals surface area (Å²) in [6.45, 7) is 6.15. The number of benzene rings is 1. The van der Waals surface area contributed by atoms with Crippen molar-refractivity contribution in [3.8, 4) is 0 Å². The van der Waals surface area contributed by atoms with Crippen LogP contribution in [0.15, 0.2) is 22.6 Å². The van der Waals surface area contributed by atoms with Gasteiger partial charge in [0, 0.05) is 12.5 Å². The highest BCUT2D eigenvalue weighted by Crippen LogP contribution is 2.16. The van der Waals surface area contributed by atoms with Gasteiger partial charge in [-0.25, -0.2) is 4.39 Å². The van der Waals surface area contributed by atoms with Gasteiger partial charge in [-0.1, -0.05) is 31.1 Å². The van der Waals surface area contributed by atoms with E-state index in [4.69, 9.17) is 4.42 Å². The Morgan fingerprint density at radius 3 is 2.72 bits per heavy atom. The van der Waals surface area contributed by atoms with Crippen molar-refractivity contribution >= 4 is 6.01 Å². The lowest BCUT2D eigenvalue weighted by Crippen LogP contribution is -2.00. The van der Waals surface area contributed by atoms with Crippen LogP contribution in [0.2, 0.25) is 0 Å². The van der Waals surface area contributed by atoms with Crippen LogP contribution in [0.4, 0.5) is 10.4 Å². The summed E-state index contributed by atoms with van der Waals surface area (Å²) in [5.74, 6) is 0.583. The first-order chi connectivity index (χ1) is 8.56. The molecule has 1 heterocycles. The molecule has 0 saturated heterocycles. The molecule has 0 saturated carbocycles. The van der Waals surface area contributed by atoms with Crippen LogP contribution in [0.1, 0.15) is 36.8 Å². The molecule has 1 aromatic carbocycles. The van der Waals surface area contributed by atoms with Gasteiger partial charge in [0.25, 0.3) is 0 Å². The van der Waals surface area contributed by atoms with Crippen molar-refractivity contribution in [1.82, 2.24) is 10.2 Å². The fourth-order valence-corrected chi connectivity index (χ4v) is 1.46. The second kappa shape index (κ2) is 5.16. The van der Waals surface area contributed by atoms with Gasteiger partial charge in [-0.3, -0.25) is 0 Å². The van der Waals surface area contributed by atoms with E-state index in [-0.39, 0.29) is 11.7 Å². The quantitative estimate of drug-likeness (QED) is 0.903. The van der Waals surface area contributed by atoms with Gasteiger partial charge < -0.3 is 9.73 Å². The summed E-state index contributed by atoms with van der Waals surface area (Å²) >= 11 is 0. The number of aromatic nitrogens is 2. The monoisotopic (exact) mass is 249 g/mol. The number of hydrogen-bond acceptors (Lipinski definition) is 4. The van der Waals surface area contributed by atoms with E-state index in [1.807, 2.05) is 19.9 Å². The summed E-state index contributed by atoms with van der Waals surface area (Å²) < 4.78 is 18.7. The number of nitrogens with zero attached hydrogens (tertiary/aromatic N) is 2. The van der Waals surface area contributed by atoms with Crippen LogP contribution in [0, 0.1) is 12.7 Å². The highest BCUT2D eigenvalue weighted by atomic mass is 19.1. The van der Waals surface area contributed by atoms with Gasteiger partial charge in [-0.2, -0.15) is 0 Å². The molecule has 1 N–H and O–H groups in total. The zero-order valence-electron chi connectivity index (χ0n) is 10.7. The Bertz CT molecular complexity index is 537. The molecule has 0 aliphatic carbocycles. The van der Waals surface area contributed by atoms with Gasteiger partial charge in [-0.05, 0) is 24.1 Å². The second-order valence-electron chi connectivity index (χ2n) is 4.54. The summed E-state index contributed by atoms with van der Waals surface area (Å²) in [4.78, 5) is 0. The third-order valence-corrected chi connectivity index (χ3v) is 2.61. The van der Waals surface area contributed by atoms with Gasteiger partial charge in [0.05, 0.1) is 0 Å². The zero-order chi connectivity index (χ0) is 13.1. The molecule has 0 bridgehead atoms. The molecule has 18 heavy (non-hydrogen) atoms. The predicted octanol–water partition coefficient (Wildman–Crippen LogP) is 3.25. The maximum Gasteiger partial charge on any atom is 0.315 e. The largest absolute Gasteiger partial charge is 0.408 e. The van der Waals surface area contributed by atoms with Crippen LogP contribution in [0.25, 0.3) is 0 Å². The van der Waals surface area contributed by atoms with Crippen LogP contribution in [-0.2, 0) is 6.54 Å². The number of rotatable bonds is 4. The third-order valence-electron chi connectivity index (χ3n) is 2.61. The Labute approximate surface area is 105 Å². The van der Waals surface area contributed by atoms with Crippen molar-refractivity contribution in [2.45, 2.75) is 33.2 Å². The van der Waals surface area contributed by atoms with E-state index in [9.17, 15) is 4.39 Å². The predicted molar refractivity (Wildman–Crippen MR) is 66.9 cm³/mol. The summed E-state index contributed by atoms with van der Waals surface area (Å²) in [5.41, 5.74) is 1.47. The number of hydrogen-bond donors (Lipinski definition) is 1. The summed E-state index contributed by atoms with van der Waals surface area (Å²) in [7, 11) is 0.